The van der Waals surface area contributed by atoms with Crippen molar-refractivity contribution in [2.24, 2.45) is 0 Å². The Kier molecular flexibility index (Phi) is 4.26. The number of rotatable bonds is 3. The van der Waals surface area contributed by atoms with E-state index in [1.54, 1.807) is 6.92 Å². The zero-order valence-electron chi connectivity index (χ0n) is 7.86. The van der Waals surface area contributed by atoms with E-state index < -0.39 is 11.6 Å². The van der Waals surface area contributed by atoms with Crippen molar-refractivity contribution in [2.75, 3.05) is 5.33 Å². The van der Waals surface area contributed by atoms with E-state index in [2.05, 4.69) is 15.9 Å². The van der Waals surface area contributed by atoms with Crippen molar-refractivity contribution in [1.29, 1.82) is 0 Å². The number of benzene rings is 1. The highest BCUT2D eigenvalue weighted by atomic mass is 79.9. The number of allylic oxidation sites excluding steroid dienone is 2. The van der Waals surface area contributed by atoms with Crippen LogP contribution in [0.4, 0.5) is 8.78 Å². The molecule has 0 spiro atoms. The fraction of sp³-hybridized carbons (Fsp3) is 0.273. The molecule has 0 fully saturated rings. The minimum atomic E-state index is -0.506. The average molecular weight is 261 g/mol. The standard InChI is InChI=1S/C11H11BrF2/c1-8(4-3-7-12)11-9(13)5-2-6-10(11)14/h2,4-6H,3,7H2,1H3. The minimum absolute atomic E-state index is 0.0773. The van der Waals surface area contributed by atoms with Crippen LogP contribution in [0.2, 0.25) is 0 Å². The maximum atomic E-state index is 13.2. The Morgan fingerprint density at radius 1 is 1.36 bits per heavy atom. The molecule has 0 N–H and O–H groups in total. The van der Waals surface area contributed by atoms with Crippen molar-refractivity contribution in [1.82, 2.24) is 0 Å². The quantitative estimate of drug-likeness (QED) is 0.717. The van der Waals surface area contributed by atoms with Gasteiger partial charge in [-0.25, -0.2) is 8.78 Å². The number of hydrogen-bond acceptors (Lipinski definition) is 0. The van der Waals surface area contributed by atoms with E-state index in [0.717, 1.165) is 11.8 Å². The first-order valence-electron chi connectivity index (χ1n) is 4.34. The summed E-state index contributed by atoms with van der Waals surface area (Å²) in [5, 5.41) is 0.792. The first-order valence-corrected chi connectivity index (χ1v) is 5.46. The van der Waals surface area contributed by atoms with Gasteiger partial charge in [-0.15, -0.1) is 0 Å². The lowest BCUT2D eigenvalue weighted by atomic mass is 10.1. The third kappa shape index (κ3) is 2.64. The molecule has 0 heterocycles. The lowest BCUT2D eigenvalue weighted by molar-refractivity contribution is 0.577. The smallest absolute Gasteiger partial charge is 0.133 e. The van der Waals surface area contributed by atoms with E-state index in [0.29, 0.717) is 5.57 Å². The van der Waals surface area contributed by atoms with Gasteiger partial charge in [0.15, 0.2) is 0 Å². The van der Waals surface area contributed by atoms with Gasteiger partial charge >= 0.3 is 0 Å². The fourth-order valence-corrected chi connectivity index (χ4v) is 1.48. The largest absolute Gasteiger partial charge is 0.206 e. The van der Waals surface area contributed by atoms with Gasteiger partial charge in [-0.1, -0.05) is 28.1 Å². The Balaban J connectivity index is 3.05. The van der Waals surface area contributed by atoms with E-state index in [1.165, 1.54) is 18.2 Å². The molecule has 0 aliphatic carbocycles. The Bertz CT molecular complexity index is 325. The summed E-state index contributed by atoms with van der Waals surface area (Å²) in [7, 11) is 0. The molecule has 14 heavy (non-hydrogen) atoms. The molecular formula is C11H11BrF2. The van der Waals surface area contributed by atoms with Gasteiger partial charge in [0.05, 0.1) is 0 Å². The first kappa shape index (κ1) is 11.4. The molecule has 0 aliphatic heterocycles. The molecule has 1 aromatic rings. The summed E-state index contributed by atoms with van der Waals surface area (Å²) in [6, 6.07) is 3.90. The zero-order valence-corrected chi connectivity index (χ0v) is 9.44. The fourth-order valence-electron chi connectivity index (χ4n) is 1.25. The summed E-state index contributed by atoms with van der Waals surface area (Å²) < 4.78 is 26.5. The highest BCUT2D eigenvalue weighted by molar-refractivity contribution is 9.09. The molecule has 3 heteroatoms. The van der Waals surface area contributed by atoms with Gasteiger partial charge in [-0.05, 0) is 31.1 Å². The summed E-state index contributed by atoms with van der Waals surface area (Å²) in [6.45, 7) is 1.71. The molecule has 0 aromatic heterocycles. The predicted octanol–water partition coefficient (Wildman–Crippen LogP) is 4.15. The van der Waals surface area contributed by atoms with Crippen LogP contribution in [0.25, 0.3) is 5.57 Å². The Morgan fingerprint density at radius 3 is 2.43 bits per heavy atom. The van der Waals surface area contributed by atoms with Crippen LogP contribution >= 0.6 is 15.9 Å². The second kappa shape index (κ2) is 5.25. The Hall–Kier alpha value is -0.700. The van der Waals surface area contributed by atoms with Crippen LogP contribution in [-0.4, -0.2) is 5.33 Å². The van der Waals surface area contributed by atoms with Gasteiger partial charge in [0.1, 0.15) is 11.6 Å². The third-order valence-corrected chi connectivity index (χ3v) is 2.37. The van der Waals surface area contributed by atoms with Gasteiger partial charge in [-0.3, -0.25) is 0 Å². The van der Waals surface area contributed by atoms with Crippen LogP contribution in [0.3, 0.4) is 0 Å². The molecule has 0 saturated carbocycles. The summed E-state index contributed by atoms with van der Waals surface area (Å²) >= 11 is 3.26. The second-order valence-corrected chi connectivity index (χ2v) is 3.75. The van der Waals surface area contributed by atoms with Crippen molar-refractivity contribution in [2.45, 2.75) is 13.3 Å². The average Bonchev–Trinajstić information content (AvgIpc) is 2.14. The van der Waals surface area contributed by atoms with Crippen LogP contribution in [0.1, 0.15) is 18.9 Å². The van der Waals surface area contributed by atoms with E-state index in [1.807, 2.05) is 6.08 Å². The summed E-state index contributed by atoms with van der Waals surface area (Å²) in [5.74, 6) is -1.01. The van der Waals surface area contributed by atoms with Gasteiger partial charge in [-0.2, -0.15) is 0 Å². The molecule has 0 atom stereocenters. The van der Waals surface area contributed by atoms with Crippen molar-refractivity contribution in [3.05, 3.63) is 41.5 Å². The monoisotopic (exact) mass is 260 g/mol. The minimum Gasteiger partial charge on any atom is -0.206 e. The Morgan fingerprint density at radius 2 is 1.93 bits per heavy atom. The molecule has 0 unspecified atom stereocenters. The maximum Gasteiger partial charge on any atom is 0.133 e. The lowest BCUT2D eigenvalue weighted by Crippen LogP contribution is -1.92. The van der Waals surface area contributed by atoms with E-state index >= 15 is 0 Å². The SMILES string of the molecule is CC(=CCCBr)c1c(F)cccc1F. The van der Waals surface area contributed by atoms with Crippen LogP contribution in [-0.2, 0) is 0 Å². The molecule has 1 aromatic carbocycles. The highest BCUT2D eigenvalue weighted by Gasteiger charge is 2.08. The summed E-state index contributed by atoms with van der Waals surface area (Å²) in [4.78, 5) is 0. The van der Waals surface area contributed by atoms with Crippen molar-refractivity contribution in [3.8, 4) is 0 Å². The second-order valence-electron chi connectivity index (χ2n) is 2.96. The third-order valence-electron chi connectivity index (χ3n) is 1.92. The van der Waals surface area contributed by atoms with Gasteiger partial charge in [0.25, 0.3) is 0 Å². The molecule has 0 saturated heterocycles. The maximum absolute atomic E-state index is 13.2. The van der Waals surface area contributed by atoms with Crippen LogP contribution in [0, 0.1) is 11.6 Å². The van der Waals surface area contributed by atoms with Crippen LogP contribution < -0.4 is 0 Å². The first-order chi connectivity index (χ1) is 6.66. The van der Waals surface area contributed by atoms with E-state index in [9.17, 15) is 8.78 Å². The van der Waals surface area contributed by atoms with Gasteiger partial charge in [0.2, 0.25) is 0 Å². The van der Waals surface area contributed by atoms with Crippen molar-refractivity contribution in [3.63, 3.8) is 0 Å². The molecule has 76 valence electrons. The van der Waals surface area contributed by atoms with Crippen molar-refractivity contribution >= 4 is 21.5 Å². The van der Waals surface area contributed by atoms with E-state index in [4.69, 9.17) is 0 Å². The molecule has 0 amide bonds. The van der Waals surface area contributed by atoms with Crippen molar-refractivity contribution < 1.29 is 8.78 Å². The number of hydrogen-bond donors (Lipinski definition) is 0. The Labute approximate surface area is 90.8 Å². The topological polar surface area (TPSA) is 0 Å². The van der Waals surface area contributed by atoms with E-state index in [-0.39, 0.29) is 5.56 Å². The van der Waals surface area contributed by atoms with Crippen LogP contribution in [0.15, 0.2) is 24.3 Å². The molecular weight excluding hydrogens is 250 g/mol. The highest BCUT2D eigenvalue weighted by Crippen LogP contribution is 2.21. The zero-order chi connectivity index (χ0) is 10.6. The molecule has 1 rings (SSSR count). The predicted molar refractivity (Wildman–Crippen MR) is 58.4 cm³/mol. The normalized spacial score (nSPS) is 11.9. The molecule has 0 bridgehead atoms. The lowest BCUT2D eigenvalue weighted by Gasteiger charge is -2.04. The molecule has 0 aliphatic rings. The van der Waals surface area contributed by atoms with Gasteiger partial charge < -0.3 is 0 Å². The summed E-state index contributed by atoms with van der Waals surface area (Å²) in [5.41, 5.74) is 0.716. The molecule has 0 radical (unpaired) electrons. The number of alkyl halides is 1. The number of halogens is 3. The molecule has 0 nitrogen and oxygen atoms in total. The van der Waals surface area contributed by atoms with Gasteiger partial charge in [0, 0.05) is 10.9 Å². The van der Waals surface area contributed by atoms with Crippen LogP contribution in [0.5, 0.6) is 0 Å². The summed E-state index contributed by atoms with van der Waals surface area (Å²) in [6.07, 6.45) is 2.58.